The van der Waals surface area contributed by atoms with Gasteiger partial charge in [-0.05, 0) is 37.0 Å². The van der Waals surface area contributed by atoms with Gasteiger partial charge in [0.25, 0.3) is 0 Å². The fourth-order valence-corrected chi connectivity index (χ4v) is 2.59. The largest absolute Gasteiger partial charge is 0.338 e. The molecule has 0 bridgehead atoms. The predicted molar refractivity (Wildman–Crippen MR) is 74.9 cm³/mol. The van der Waals surface area contributed by atoms with Gasteiger partial charge in [0.1, 0.15) is 6.54 Å². The smallest absolute Gasteiger partial charge is 0.319 e. The Morgan fingerprint density at radius 1 is 1.22 bits per heavy atom. The molecule has 5 nitrogen and oxygen atoms in total. The molecule has 0 spiro atoms. The molecule has 124 valence electrons. The van der Waals surface area contributed by atoms with Crippen molar-refractivity contribution in [3.05, 3.63) is 35.1 Å². The number of hydrogen-bond acceptors (Lipinski definition) is 2. The highest BCUT2D eigenvalue weighted by Crippen LogP contribution is 2.29. The van der Waals surface area contributed by atoms with Gasteiger partial charge in [0.2, 0.25) is 5.91 Å². The Balaban J connectivity index is 1.49. The fourth-order valence-electron chi connectivity index (χ4n) is 2.59. The number of nitrogens with zero attached hydrogens (tertiary/aromatic N) is 2. The Morgan fingerprint density at radius 3 is 2.48 bits per heavy atom. The maximum absolute atomic E-state index is 13.1. The van der Waals surface area contributed by atoms with Crippen molar-refractivity contribution in [2.75, 3.05) is 19.8 Å². The van der Waals surface area contributed by atoms with Crippen molar-refractivity contribution in [1.29, 1.82) is 0 Å². The maximum atomic E-state index is 13.1. The molecular formula is C15H16F3N3O2. The number of carbonyl (C=O) groups is 2. The number of halogens is 3. The van der Waals surface area contributed by atoms with E-state index in [9.17, 15) is 22.8 Å². The molecule has 1 aromatic carbocycles. The van der Waals surface area contributed by atoms with Gasteiger partial charge in [-0.15, -0.1) is 0 Å². The highest BCUT2D eigenvalue weighted by Gasteiger charge is 2.39. The summed E-state index contributed by atoms with van der Waals surface area (Å²) in [6.45, 7) is 0.453. The van der Waals surface area contributed by atoms with E-state index >= 15 is 0 Å². The van der Waals surface area contributed by atoms with Crippen LogP contribution < -0.4 is 5.32 Å². The zero-order chi connectivity index (χ0) is 16.6. The summed E-state index contributed by atoms with van der Waals surface area (Å²) in [5.41, 5.74) is 0.249. The van der Waals surface area contributed by atoms with Crippen molar-refractivity contribution in [3.63, 3.8) is 0 Å². The van der Waals surface area contributed by atoms with Crippen LogP contribution >= 0.6 is 0 Å². The molecular weight excluding hydrogens is 311 g/mol. The third kappa shape index (κ3) is 3.40. The molecule has 3 amide bonds. The van der Waals surface area contributed by atoms with Crippen molar-refractivity contribution >= 4 is 11.9 Å². The standard InChI is InChI=1S/C15H16F3N3O2/c16-11-5-9(6-12(17)14(11)18)3-4-19-15(23)20-7-13(22)21(8-20)10-1-2-10/h5-6,10H,1-4,7-8H2,(H,19,23). The van der Waals surface area contributed by atoms with E-state index in [-0.39, 0.29) is 43.7 Å². The average Bonchev–Trinajstić information content (AvgIpc) is 3.27. The minimum absolute atomic E-state index is 0.0438. The molecule has 0 unspecified atom stereocenters. The first-order chi connectivity index (χ1) is 11.0. The van der Waals surface area contributed by atoms with E-state index in [1.165, 1.54) is 4.90 Å². The molecule has 8 heteroatoms. The number of rotatable bonds is 4. The zero-order valence-electron chi connectivity index (χ0n) is 12.3. The van der Waals surface area contributed by atoms with Crippen LogP contribution in [0.15, 0.2) is 12.1 Å². The van der Waals surface area contributed by atoms with Crippen molar-refractivity contribution < 1.29 is 22.8 Å². The van der Waals surface area contributed by atoms with Crippen LogP contribution in [0.25, 0.3) is 0 Å². The first kappa shape index (κ1) is 15.6. The molecule has 1 aliphatic heterocycles. The van der Waals surface area contributed by atoms with Gasteiger partial charge in [-0.2, -0.15) is 0 Å². The van der Waals surface area contributed by atoms with Gasteiger partial charge in [-0.3, -0.25) is 9.69 Å². The highest BCUT2D eigenvalue weighted by atomic mass is 19.2. The Bertz CT molecular complexity index is 626. The zero-order valence-corrected chi connectivity index (χ0v) is 12.3. The monoisotopic (exact) mass is 327 g/mol. The maximum Gasteiger partial charge on any atom is 0.319 e. The second kappa shape index (κ2) is 6.10. The first-order valence-corrected chi connectivity index (χ1v) is 7.41. The Labute approximate surface area is 131 Å². The van der Waals surface area contributed by atoms with Gasteiger partial charge in [0, 0.05) is 12.6 Å². The van der Waals surface area contributed by atoms with Crippen molar-refractivity contribution in [2.24, 2.45) is 0 Å². The third-order valence-electron chi connectivity index (χ3n) is 3.98. The summed E-state index contributed by atoms with van der Waals surface area (Å²) in [7, 11) is 0. The van der Waals surface area contributed by atoms with E-state index in [0.717, 1.165) is 25.0 Å². The van der Waals surface area contributed by atoms with E-state index in [4.69, 9.17) is 0 Å². The number of nitrogens with one attached hydrogen (secondary N) is 1. The highest BCUT2D eigenvalue weighted by molar-refractivity contribution is 5.87. The van der Waals surface area contributed by atoms with Crippen LogP contribution in [0.1, 0.15) is 18.4 Å². The summed E-state index contributed by atoms with van der Waals surface area (Å²) in [6, 6.07) is 1.66. The lowest BCUT2D eigenvalue weighted by molar-refractivity contribution is -0.127. The summed E-state index contributed by atoms with van der Waals surface area (Å²) in [5.74, 6) is -4.08. The van der Waals surface area contributed by atoms with Crippen LogP contribution in [0.2, 0.25) is 0 Å². The van der Waals surface area contributed by atoms with Crippen molar-refractivity contribution in [2.45, 2.75) is 25.3 Å². The Morgan fingerprint density at radius 2 is 1.87 bits per heavy atom. The summed E-state index contributed by atoms with van der Waals surface area (Å²) >= 11 is 0. The van der Waals surface area contributed by atoms with E-state index in [1.807, 2.05) is 0 Å². The molecule has 0 radical (unpaired) electrons. The molecule has 0 atom stereocenters. The van der Waals surface area contributed by atoms with Crippen LogP contribution in [0.5, 0.6) is 0 Å². The molecule has 1 heterocycles. The van der Waals surface area contributed by atoms with E-state index < -0.39 is 23.5 Å². The number of carbonyl (C=O) groups excluding carboxylic acids is 2. The topological polar surface area (TPSA) is 52.7 Å². The fraction of sp³-hybridized carbons (Fsp3) is 0.467. The lowest BCUT2D eigenvalue weighted by Gasteiger charge is -2.18. The number of amides is 3. The molecule has 1 saturated heterocycles. The van der Waals surface area contributed by atoms with Crippen LogP contribution in [0.3, 0.4) is 0 Å². The van der Waals surface area contributed by atoms with E-state index in [0.29, 0.717) is 0 Å². The average molecular weight is 327 g/mol. The number of urea groups is 1. The normalized spacial score (nSPS) is 17.8. The summed E-state index contributed by atoms with van der Waals surface area (Å²) in [5, 5.41) is 2.60. The summed E-state index contributed by atoms with van der Waals surface area (Å²) in [6.07, 6.45) is 2.11. The second-order valence-corrected chi connectivity index (χ2v) is 5.79. The van der Waals surface area contributed by atoms with Gasteiger partial charge in [-0.1, -0.05) is 0 Å². The first-order valence-electron chi connectivity index (χ1n) is 7.41. The van der Waals surface area contributed by atoms with Crippen molar-refractivity contribution in [1.82, 2.24) is 15.1 Å². The lowest BCUT2D eigenvalue weighted by atomic mass is 10.1. The van der Waals surface area contributed by atoms with Crippen LogP contribution in [0.4, 0.5) is 18.0 Å². The number of benzene rings is 1. The molecule has 2 aliphatic rings. The van der Waals surface area contributed by atoms with Gasteiger partial charge in [-0.25, -0.2) is 18.0 Å². The second-order valence-electron chi connectivity index (χ2n) is 5.79. The van der Waals surface area contributed by atoms with Gasteiger partial charge in [0.15, 0.2) is 17.5 Å². The van der Waals surface area contributed by atoms with Gasteiger partial charge in [0.05, 0.1) is 6.67 Å². The Kier molecular flexibility index (Phi) is 4.14. The van der Waals surface area contributed by atoms with Crippen LogP contribution in [-0.2, 0) is 11.2 Å². The van der Waals surface area contributed by atoms with Gasteiger partial charge < -0.3 is 10.2 Å². The lowest BCUT2D eigenvalue weighted by Crippen LogP contribution is -2.40. The minimum Gasteiger partial charge on any atom is -0.338 e. The molecule has 1 aromatic rings. The molecule has 23 heavy (non-hydrogen) atoms. The summed E-state index contributed by atoms with van der Waals surface area (Å²) in [4.78, 5) is 26.8. The molecule has 3 rings (SSSR count). The third-order valence-corrected chi connectivity index (χ3v) is 3.98. The molecule has 2 fully saturated rings. The van der Waals surface area contributed by atoms with Crippen LogP contribution in [-0.4, -0.2) is 47.5 Å². The van der Waals surface area contributed by atoms with E-state index in [2.05, 4.69) is 5.32 Å². The molecule has 1 saturated carbocycles. The predicted octanol–water partition coefficient (Wildman–Crippen LogP) is 1.62. The Hall–Kier alpha value is -2.25. The summed E-state index contributed by atoms with van der Waals surface area (Å²) < 4.78 is 39.0. The molecule has 1 aliphatic carbocycles. The van der Waals surface area contributed by atoms with Crippen molar-refractivity contribution in [3.8, 4) is 0 Å². The number of hydrogen-bond donors (Lipinski definition) is 1. The quantitative estimate of drug-likeness (QED) is 0.855. The molecule has 0 aromatic heterocycles. The SMILES string of the molecule is O=C(NCCc1cc(F)c(F)c(F)c1)N1CC(=O)N(C2CC2)C1. The van der Waals surface area contributed by atoms with Gasteiger partial charge >= 0.3 is 6.03 Å². The van der Waals surface area contributed by atoms with Crippen LogP contribution in [0, 0.1) is 17.5 Å². The van der Waals surface area contributed by atoms with E-state index in [1.54, 1.807) is 4.90 Å². The molecule has 1 N–H and O–H groups in total. The minimum atomic E-state index is -1.51.